The first-order chi connectivity index (χ1) is 23.6. The van der Waals surface area contributed by atoms with Crippen LogP contribution in [0, 0.1) is 5.92 Å². The van der Waals surface area contributed by atoms with E-state index >= 15 is 0 Å². The highest BCUT2D eigenvalue weighted by molar-refractivity contribution is 5.99. The molecule has 0 N–H and O–H groups in total. The number of esters is 1. The zero-order valence-electron chi connectivity index (χ0n) is 27.1. The number of aryl methyl sites for hydroxylation is 1. The van der Waals surface area contributed by atoms with Crippen molar-refractivity contribution in [3.8, 4) is 17.2 Å². The van der Waals surface area contributed by atoms with E-state index < -0.39 is 11.9 Å². The molecule has 0 heterocycles. The summed E-state index contributed by atoms with van der Waals surface area (Å²) in [4.78, 5) is 25.8. The molecule has 6 nitrogen and oxygen atoms in total. The van der Waals surface area contributed by atoms with Crippen molar-refractivity contribution in [3.63, 3.8) is 0 Å². The van der Waals surface area contributed by atoms with Gasteiger partial charge in [-0.2, -0.15) is 0 Å². The van der Waals surface area contributed by atoms with E-state index in [4.69, 9.17) is 18.9 Å². The van der Waals surface area contributed by atoms with Gasteiger partial charge >= 0.3 is 5.97 Å². The first kappa shape index (κ1) is 33.7. The lowest BCUT2D eigenvalue weighted by Gasteiger charge is -2.14. The highest BCUT2D eigenvalue weighted by atomic mass is 16.5. The van der Waals surface area contributed by atoms with Crippen LogP contribution in [0.5, 0.6) is 17.2 Å². The van der Waals surface area contributed by atoms with E-state index in [1.165, 1.54) is 7.11 Å². The largest absolute Gasteiger partial charge is 0.489 e. The summed E-state index contributed by atoms with van der Waals surface area (Å²) in [7, 11) is 1.31. The minimum absolute atomic E-state index is 0.160. The molecule has 5 rings (SSSR count). The Kier molecular flexibility index (Phi) is 12.6. The molecule has 0 amide bonds. The lowest BCUT2D eigenvalue weighted by molar-refractivity contribution is -0.149. The third kappa shape index (κ3) is 10.5. The van der Waals surface area contributed by atoms with Gasteiger partial charge in [0, 0.05) is 6.42 Å². The molecule has 0 spiro atoms. The Labute approximate surface area is 282 Å². The Morgan fingerprint density at radius 1 is 0.604 bits per heavy atom. The monoisotopic (exact) mass is 640 g/mol. The van der Waals surface area contributed by atoms with Crippen molar-refractivity contribution in [2.24, 2.45) is 5.92 Å². The van der Waals surface area contributed by atoms with E-state index in [2.05, 4.69) is 0 Å². The maximum absolute atomic E-state index is 13.2. The second-order valence-corrected chi connectivity index (χ2v) is 11.4. The number of Topliss-reactive ketones (excluding diaryl/α,β-unsaturated/α-hetero) is 1. The lowest BCUT2D eigenvalue weighted by atomic mass is 9.94. The van der Waals surface area contributed by atoms with Gasteiger partial charge in [-0.15, -0.1) is 0 Å². The first-order valence-electron chi connectivity index (χ1n) is 16.1. The maximum Gasteiger partial charge on any atom is 0.316 e. The maximum atomic E-state index is 13.2. The van der Waals surface area contributed by atoms with E-state index in [0.29, 0.717) is 37.7 Å². The first-order valence-corrected chi connectivity index (χ1v) is 16.1. The van der Waals surface area contributed by atoms with Gasteiger partial charge in [-0.25, -0.2) is 0 Å². The summed E-state index contributed by atoms with van der Waals surface area (Å²) in [6.45, 7) is 1.28. The van der Waals surface area contributed by atoms with E-state index in [1.807, 2.05) is 146 Å². The molecule has 0 saturated carbocycles. The predicted octanol–water partition coefficient (Wildman–Crippen LogP) is 8.82. The second kappa shape index (κ2) is 17.9. The molecule has 0 aromatic heterocycles. The Morgan fingerprint density at radius 2 is 1.15 bits per heavy atom. The smallest absolute Gasteiger partial charge is 0.316 e. The fourth-order valence-electron chi connectivity index (χ4n) is 5.11. The topological polar surface area (TPSA) is 71.1 Å². The van der Waals surface area contributed by atoms with E-state index in [-0.39, 0.29) is 18.6 Å². The zero-order chi connectivity index (χ0) is 33.4. The Hall–Kier alpha value is -5.62. The number of methoxy groups -OCH3 is 1. The summed E-state index contributed by atoms with van der Waals surface area (Å²) in [6.07, 6.45) is 4.68. The van der Waals surface area contributed by atoms with Crippen molar-refractivity contribution >= 4 is 17.8 Å². The lowest BCUT2D eigenvalue weighted by Crippen LogP contribution is -2.25. The number of carbonyl (C=O) groups excluding carboxylic acids is 2. The van der Waals surface area contributed by atoms with Gasteiger partial charge in [0.05, 0.1) is 7.11 Å². The second-order valence-electron chi connectivity index (χ2n) is 11.4. The van der Waals surface area contributed by atoms with Crippen molar-refractivity contribution in [1.29, 1.82) is 0 Å². The van der Waals surface area contributed by atoms with Crippen LogP contribution in [-0.4, -0.2) is 18.9 Å². The normalized spacial score (nSPS) is 11.5. The van der Waals surface area contributed by atoms with Gasteiger partial charge in [-0.1, -0.05) is 121 Å². The van der Waals surface area contributed by atoms with E-state index in [0.717, 1.165) is 33.6 Å². The van der Waals surface area contributed by atoms with Crippen LogP contribution in [0.3, 0.4) is 0 Å². The molecular weight excluding hydrogens is 600 g/mol. The number of carbonyl (C=O) groups is 2. The van der Waals surface area contributed by atoms with E-state index in [1.54, 1.807) is 0 Å². The molecule has 0 aliphatic rings. The van der Waals surface area contributed by atoms with Gasteiger partial charge in [0.1, 0.15) is 37.3 Å². The summed E-state index contributed by atoms with van der Waals surface area (Å²) in [5.41, 5.74) is 5.04. The number of ether oxygens (including phenoxy) is 4. The Balaban J connectivity index is 1.19. The number of ketones is 1. The average molecular weight is 641 g/mol. The minimum Gasteiger partial charge on any atom is -0.489 e. The molecule has 6 heteroatoms. The molecule has 0 aliphatic carbocycles. The van der Waals surface area contributed by atoms with E-state index in [9.17, 15) is 9.59 Å². The Bertz CT molecular complexity index is 1750. The van der Waals surface area contributed by atoms with Crippen molar-refractivity contribution < 1.29 is 28.5 Å². The highest BCUT2D eigenvalue weighted by Gasteiger charge is 2.25. The molecule has 0 saturated heterocycles. The molecule has 0 bridgehead atoms. The van der Waals surface area contributed by atoms with Gasteiger partial charge in [0.2, 0.25) is 0 Å². The zero-order valence-corrected chi connectivity index (χ0v) is 27.1. The molecule has 1 unspecified atom stereocenters. The Morgan fingerprint density at radius 3 is 1.71 bits per heavy atom. The summed E-state index contributed by atoms with van der Waals surface area (Å²) < 4.78 is 23.2. The third-order valence-electron chi connectivity index (χ3n) is 7.83. The van der Waals surface area contributed by atoms with Crippen LogP contribution in [-0.2, 0) is 40.6 Å². The average Bonchev–Trinajstić information content (AvgIpc) is 3.14. The summed E-state index contributed by atoms with van der Waals surface area (Å²) in [6, 6.07) is 43.3. The van der Waals surface area contributed by atoms with Crippen LogP contribution >= 0.6 is 0 Å². The number of allylic oxidation sites excluding steroid dienone is 1. The molecule has 244 valence electrons. The van der Waals surface area contributed by atoms with Crippen molar-refractivity contribution in [1.82, 2.24) is 0 Å². The molecule has 1 atom stereocenters. The van der Waals surface area contributed by atoms with Crippen molar-refractivity contribution in [3.05, 3.63) is 167 Å². The van der Waals surface area contributed by atoms with Crippen LogP contribution in [0.2, 0.25) is 0 Å². The van der Waals surface area contributed by atoms with Gasteiger partial charge in [0.25, 0.3) is 0 Å². The summed E-state index contributed by atoms with van der Waals surface area (Å²) >= 11 is 0. The fourth-order valence-corrected chi connectivity index (χ4v) is 5.11. The van der Waals surface area contributed by atoms with Gasteiger partial charge in [0.15, 0.2) is 11.5 Å². The van der Waals surface area contributed by atoms with Gasteiger partial charge in [-0.3, -0.25) is 9.59 Å². The molecule has 0 radical (unpaired) electrons. The third-order valence-corrected chi connectivity index (χ3v) is 7.83. The minimum atomic E-state index is -0.887. The quantitative estimate of drug-likeness (QED) is 0.0747. The van der Waals surface area contributed by atoms with Crippen LogP contribution in [0.4, 0.5) is 0 Å². The number of rotatable bonds is 17. The number of hydrogen-bond acceptors (Lipinski definition) is 6. The molecule has 0 fully saturated rings. The number of benzene rings is 5. The summed E-state index contributed by atoms with van der Waals surface area (Å²) in [5, 5.41) is 0. The van der Waals surface area contributed by atoms with Crippen LogP contribution < -0.4 is 14.2 Å². The standard InChI is InChI=1S/C42H40O6/c1-45-42(44)38(39(43)26-22-32-20-24-37(25-21-32)46-29-34-12-5-2-6-13-34)19-11-18-33-23-27-40(47-30-35-14-7-3-8-15-35)41(28-33)48-31-36-16-9-4-10-17-36/h2-18,20-21,23-25,27-28,38H,19,22,26,29-31H2,1H3/b18-11+. The van der Waals surface area contributed by atoms with Crippen molar-refractivity contribution in [2.75, 3.05) is 7.11 Å². The predicted molar refractivity (Wildman–Crippen MR) is 188 cm³/mol. The number of hydrogen-bond donors (Lipinski definition) is 0. The molecular formula is C42H40O6. The molecule has 5 aromatic carbocycles. The molecule has 5 aromatic rings. The van der Waals surface area contributed by atoms with Gasteiger partial charge < -0.3 is 18.9 Å². The molecule has 48 heavy (non-hydrogen) atoms. The van der Waals surface area contributed by atoms with Gasteiger partial charge in [-0.05, 0) is 64.9 Å². The van der Waals surface area contributed by atoms with Crippen LogP contribution in [0.1, 0.15) is 40.7 Å². The summed E-state index contributed by atoms with van der Waals surface area (Å²) in [5.74, 6) is 0.413. The van der Waals surface area contributed by atoms with Crippen LogP contribution in [0.15, 0.2) is 140 Å². The SMILES string of the molecule is COC(=O)C(C/C=C/c1ccc(OCc2ccccc2)c(OCc2ccccc2)c1)C(=O)CCc1ccc(OCc2ccccc2)cc1. The fraction of sp³-hybridized carbons (Fsp3) is 0.190. The van der Waals surface area contributed by atoms with Crippen molar-refractivity contribution in [2.45, 2.75) is 39.1 Å². The van der Waals surface area contributed by atoms with Crippen LogP contribution in [0.25, 0.3) is 6.08 Å². The molecule has 0 aliphatic heterocycles. The highest BCUT2D eigenvalue weighted by Crippen LogP contribution is 2.31.